The number of carbonyl (C=O) groups is 1. The van der Waals surface area contributed by atoms with E-state index in [4.69, 9.17) is 8.94 Å². The smallest absolute Gasteiger partial charge is 0.257 e. The van der Waals surface area contributed by atoms with Crippen LogP contribution in [0.4, 0.5) is 0 Å². The Balaban J connectivity index is 1.51. The summed E-state index contributed by atoms with van der Waals surface area (Å²) in [7, 11) is -3.73. The number of phenolic OH excluding ortho intramolecular Hbond substituents is 1. The first-order chi connectivity index (χ1) is 13.3. The second-order valence-electron chi connectivity index (χ2n) is 6.68. The fourth-order valence-electron chi connectivity index (χ4n) is 3.46. The molecule has 1 aliphatic heterocycles. The Morgan fingerprint density at radius 2 is 1.89 bits per heavy atom. The second kappa shape index (κ2) is 6.64. The first kappa shape index (κ1) is 18.5. The van der Waals surface area contributed by atoms with Crippen molar-refractivity contribution < 1.29 is 27.3 Å². The van der Waals surface area contributed by atoms with E-state index >= 15 is 0 Å². The number of hydrogen-bond donors (Lipinski definition) is 1. The van der Waals surface area contributed by atoms with Gasteiger partial charge in [-0.3, -0.25) is 4.79 Å². The lowest BCUT2D eigenvalue weighted by atomic mass is 10.1. The van der Waals surface area contributed by atoms with E-state index < -0.39 is 10.0 Å². The van der Waals surface area contributed by atoms with Gasteiger partial charge in [0.15, 0.2) is 5.76 Å². The van der Waals surface area contributed by atoms with Crippen LogP contribution in [-0.4, -0.2) is 60.0 Å². The van der Waals surface area contributed by atoms with Crippen molar-refractivity contribution in [2.24, 2.45) is 0 Å². The minimum absolute atomic E-state index is 0.0546. The van der Waals surface area contributed by atoms with Crippen LogP contribution in [-0.2, 0) is 10.0 Å². The van der Waals surface area contributed by atoms with Crippen molar-refractivity contribution in [3.63, 3.8) is 0 Å². The third-order valence-electron chi connectivity index (χ3n) is 4.88. The average molecular weight is 405 g/mol. The Morgan fingerprint density at radius 1 is 1.18 bits per heavy atom. The van der Waals surface area contributed by atoms with Crippen molar-refractivity contribution in [2.45, 2.75) is 18.7 Å². The molecule has 1 amide bonds. The summed E-state index contributed by atoms with van der Waals surface area (Å²) < 4.78 is 37.5. The van der Waals surface area contributed by atoms with Crippen LogP contribution in [0, 0.1) is 13.8 Å². The molecule has 9 nitrogen and oxygen atoms in total. The Labute approximate surface area is 161 Å². The highest BCUT2D eigenvalue weighted by Gasteiger charge is 2.34. The summed E-state index contributed by atoms with van der Waals surface area (Å²) in [6, 6.07) is 4.56. The molecule has 0 spiro atoms. The number of carbonyl (C=O) groups excluding carboxylic acids is 1. The fraction of sp³-hybridized carbons (Fsp3) is 0.333. The van der Waals surface area contributed by atoms with Crippen LogP contribution in [0.2, 0.25) is 0 Å². The predicted octanol–water partition coefficient (Wildman–Crippen LogP) is 1.89. The number of sulfonamides is 1. The fourth-order valence-corrected chi connectivity index (χ4v) is 5.17. The molecule has 28 heavy (non-hydrogen) atoms. The van der Waals surface area contributed by atoms with Crippen molar-refractivity contribution >= 4 is 26.9 Å². The van der Waals surface area contributed by atoms with Gasteiger partial charge >= 0.3 is 0 Å². The van der Waals surface area contributed by atoms with Gasteiger partial charge in [-0.25, -0.2) is 8.42 Å². The maximum Gasteiger partial charge on any atom is 0.257 e. The first-order valence-corrected chi connectivity index (χ1v) is 10.2. The SMILES string of the molecule is Cc1noc(C)c1S(=O)(=O)N1CCN(C(=O)c2coc3cc(O)ccc23)CC1. The van der Waals surface area contributed by atoms with E-state index in [1.807, 2.05) is 0 Å². The molecule has 0 saturated carbocycles. The molecule has 1 aliphatic rings. The van der Waals surface area contributed by atoms with Gasteiger partial charge in [-0.05, 0) is 26.0 Å². The van der Waals surface area contributed by atoms with Crippen molar-refractivity contribution in [3.05, 3.63) is 41.5 Å². The zero-order valence-electron chi connectivity index (χ0n) is 15.4. The Hall–Kier alpha value is -2.85. The van der Waals surface area contributed by atoms with Crippen molar-refractivity contribution in [1.82, 2.24) is 14.4 Å². The molecule has 1 aromatic carbocycles. The minimum atomic E-state index is -3.73. The molecule has 1 fully saturated rings. The maximum atomic E-state index is 12.9. The molecule has 148 valence electrons. The molecular formula is C18H19N3O6S. The van der Waals surface area contributed by atoms with Crippen LogP contribution < -0.4 is 0 Å². The van der Waals surface area contributed by atoms with Gasteiger partial charge in [0.2, 0.25) is 10.0 Å². The molecule has 0 aliphatic carbocycles. The van der Waals surface area contributed by atoms with E-state index in [0.29, 0.717) is 22.2 Å². The van der Waals surface area contributed by atoms with Gasteiger partial charge in [-0.1, -0.05) is 5.16 Å². The Kier molecular flexibility index (Phi) is 4.39. The van der Waals surface area contributed by atoms with Gasteiger partial charge < -0.3 is 18.9 Å². The van der Waals surface area contributed by atoms with Gasteiger partial charge in [0.05, 0.1) is 5.56 Å². The summed E-state index contributed by atoms with van der Waals surface area (Å²) in [6.45, 7) is 4.02. The molecule has 1 saturated heterocycles. The zero-order chi connectivity index (χ0) is 20.1. The number of rotatable bonds is 3. The topological polar surface area (TPSA) is 117 Å². The third-order valence-corrected chi connectivity index (χ3v) is 7.02. The van der Waals surface area contributed by atoms with Gasteiger partial charge in [0, 0.05) is 37.6 Å². The molecule has 10 heteroatoms. The summed E-state index contributed by atoms with van der Waals surface area (Å²) in [4.78, 5) is 14.5. The highest BCUT2D eigenvalue weighted by atomic mass is 32.2. The molecule has 0 unspecified atom stereocenters. The molecule has 1 N–H and O–H groups in total. The van der Waals surface area contributed by atoms with Gasteiger partial charge in [0.1, 0.15) is 28.2 Å². The number of piperazine rings is 1. The number of hydrogen-bond acceptors (Lipinski definition) is 7. The number of aryl methyl sites for hydroxylation is 2. The Morgan fingerprint density at radius 3 is 2.54 bits per heavy atom. The molecule has 3 aromatic rings. The standard InChI is InChI=1S/C18H19N3O6S/c1-11-17(12(2)27-19-11)28(24,25)21-7-5-20(6-8-21)18(23)15-10-26-16-9-13(22)3-4-14(15)16/h3-4,9-10,22H,5-8H2,1-2H3. The highest BCUT2D eigenvalue weighted by Crippen LogP contribution is 2.27. The second-order valence-corrected chi connectivity index (χ2v) is 8.55. The van der Waals surface area contributed by atoms with E-state index in [-0.39, 0.29) is 48.5 Å². The largest absolute Gasteiger partial charge is 0.508 e. The van der Waals surface area contributed by atoms with Crippen LogP contribution in [0.3, 0.4) is 0 Å². The molecule has 0 atom stereocenters. The van der Waals surface area contributed by atoms with Gasteiger partial charge in [-0.2, -0.15) is 4.31 Å². The van der Waals surface area contributed by atoms with Gasteiger partial charge in [0.25, 0.3) is 5.91 Å². The lowest BCUT2D eigenvalue weighted by Gasteiger charge is -2.33. The number of aromatic nitrogens is 1. The average Bonchev–Trinajstić information content (AvgIpc) is 3.24. The van der Waals surface area contributed by atoms with E-state index in [9.17, 15) is 18.3 Å². The summed E-state index contributed by atoms with van der Waals surface area (Å²) in [6.07, 6.45) is 1.36. The van der Waals surface area contributed by atoms with Crippen LogP contribution in [0.25, 0.3) is 11.0 Å². The number of aromatic hydroxyl groups is 1. The summed E-state index contributed by atoms with van der Waals surface area (Å²) in [5, 5.41) is 13.8. The lowest BCUT2D eigenvalue weighted by molar-refractivity contribution is 0.0698. The quantitative estimate of drug-likeness (QED) is 0.707. The van der Waals surface area contributed by atoms with Gasteiger partial charge in [-0.15, -0.1) is 0 Å². The molecule has 4 rings (SSSR count). The van der Waals surface area contributed by atoms with Crippen LogP contribution in [0.1, 0.15) is 21.8 Å². The number of furan rings is 1. The molecule has 3 heterocycles. The summed E-state index contributed by atoms with van der Waals surface area (Å²) >= 11 is 0. The molecule has 0 radical (unpaired) electrons. The summed E-state index contributed by atoms with van der Waals surface area (Å²) in [5.74, 6) is 0.0712. The maximum absolute atomic E-state index is 12.9. The van der Waals surface area contributed by atoms with Crippen molar-refractivity contribution in [3.8, 4) is 5.75 Å². The molecular weight excluding hydrogens is 386 g/mol. The summed E-state index contributed by atoms with van der Waals surface area (Å²) in [5.41, 5.74) is 1.13. The van der Waals surface area contributed by atoms with Crippen LogP contribution in [0.5, 0.6) is 5.75 Å². The predicted molar refractivity (Wildman–Crippen MR) is 98.5 cm³/mol. The minimum Gasteiger partial charge on any atom is -0.508 e. The number of amides is 1. The lowest BCUT2D eigenvalue weighted by Crippen LogP contribution is -2.50. The monoisotopic (exact) mass is 405 g/mol. The zero-order valence-corrected chi connectivity index (χ0v) is 16.2. The van der Waals surface area contributed by atoms with Crippen molar-refractivity contribution in [1.29, 1.82) is 0 Å². The molecule has 2 aromatic heterocycles. The molecule has 0 bridgehead atoms. The number of benzene rings is 1. The highest BCUT2D eigenvalue weighted by molar-refractivity contribution is 7.89. The normalized spacial score (nSPS) is 16.0. The first-order valence-electron chi connectivity index (χ1n) is 8.71. The van der Waals surface area contributed by atoms with Crippen molar-refractivity contribution in [2.75, 3.05) is 26.2 Å². The number of nitrogens with zero attached hydrogens (tertiary/aromatic N) is 3. The van der Waals surface area contributed by atoms with E-state index in [0.717, 1.165) is 0 Å². The van der Waals surface area contributed by atoms with Crippen LogP contribution in [0.15, 0.2) is 38.3 Å². The third kappa shape index (κ3) is 2.94. The van der Waals surface area contributed by atoms with E-state index in [1.54, 1.807) is 24.8 Å². The number of fused-ring (bicyclic) bond motifs is 1. The van der Waals surface area contributed by atoms with E-state index in [2.05, 4.69) is 5.16 Å². The Bertz CT molecular complexity index is 1140. The number of phenols is 1. The van der Waals surface area contributed by atoms with Crippen LogP contribution >= 0.6 is 0 Å². The van der Waals surface area contributed by atoms with E-state index in [1.165, 1.54) is 22.7 Å².